The lowest BCUT2D eigenvalue weighted by Crippen LogP contribution is -2.36. The van der Waals surface area contributed by atoms with Crippen molar-refractivity contribution in [2.75, 3.05) is 0 Å². The molecule has 4 aromatic carbocycles. The van der Waals surface area contributed by atoms with E-state index in [1.54, 1.807) is 18.2 Å². The Kier molecular flexibility index (Phi) is 6.39. The summed E-state index contributed by atoms with van der Waals surface area (Å²) in [5.74, 6) is 0. The minimum absolute atomic E-state index is 0.0663. The number of hydrogen-bond acceptors (Lipinski definition) is 4. The van der Waals surface area contributed by atoms with Gasteiger partial charge in [-0.25, -0.2) is 4.79 Å². The van der Waals surface area contributed by atoms with Crippen molar-refractivity contribution < 1.29 is 14.5 Å². The van der Waals surface area contributed by atoms with E-state index < -0.39 is 12.2 Å². The molecular formula is C26H21NO4P+. The first-order chi connectivity index (χ1) is 15.6. The topological polar surface area (TPSA) is 69.4 Å². The van der Waals surface area contributed by atoms with E-state index >= 15 is 0 Å². The Balaban J connectivity index is 1.84. The van der Waals surface area contributed by atoms with Crippen LogP contribution in [0.15, 0.2) is 115 Å². The molecule has 0 radical (unpaired) electrons. The van der Waals surface area contributed by atoms with E-state index in [4.69, 9.17) is 4.74 Å². The minimum Gasteiger partial charge on any atom is -0.430 e. The highest BCUT2D eigenvalue weighted by Crippen LogP contribution is 2.57. The first kappa shape index (κ1) is 21.4. The van der Waals surface area contributed by atoms with Gasteiger partial charge in [-0.05, 0) is 42.5 Å². The van der Waals surface area contributed by atoms with Crippen molar-refractivity contribution in [2.24, 2.45) is 0 Å². The number of nitro groups is 1. The third-order valence-corrected chi connectivity index (χ3v) is 9.14. The van der Waals surface area contributed by atoms with E-state index in [1.165, 1.54) is 6.07 Å². The summed E-state index contributed by atoms with van der Waals surface area (Å²) in [6, 6.07) is 35.2. The van der Waals surface area contributed by atoms with Crippen LogP contribution in [0.1, 0.15) is 5.56 Å². The van der Waals surface area contributed by atoms with E-state index in [0.29, 0.717) is 5.56 Å². The molecular weight excluding hydrogens is 421 g/mol. The van der Waals surface area contributed by atoms with Crippen molar-refractivity contribution in [3.8, 4) is 0 Å². The number of carbonyl (C=O) groups excluding carboxylic acids is 1. The van der Waals surface area contributed by atoms with E-state index in [-0.39, 0.29) is 18.0 Å². The van der Waals surface area contributed by atoms with E-state index in [2.05, 4.69) is 0 Å². The van der Waals surface area contributed by atoms with Gasteiger partial charge >= 0.3 is 5.71 Å². The molecule has 4 rings (SSSR count). The Hall–Kier alpha value is -3.82. The van der Waals surface area contributed by atoms with Crippen molar-refractivity contribution in [3.05, 3.63) is 131 Å². The first-order valence-electron chi connectivity index (χ1n) is 10.1. The average Bonchev–Trinajstić information content (AvgIpc) is 2.85. The van der Waals surface area contributed by atoms with Crippen LogP contribution in [0.25, 0.3) is 0 Å². The molecule has 0 saturated carbocycles. The van der Waals surface area contributed by atoms with Gasteiger partial charge in [0.25, 0.3) is 5.69 Å². The monoisotopic (exact) mass is 442 g/mol. The molecule has 32 heavy (non-hydrogen) atoms. The largest absolute Gasteiger partial charge is 0.467 e. The fourth-order valence-electron chi connectivity index (χ4n) is 3.77. The third-order valence-electron chi connectivity index (χ3n) is 5.24. The maximum absolute atomic E-state index is 14.0. The van der Waals surface area contributed by atoms with Gasteiger partial charge in [-0.15, -0.1) is 0 Å². The van der Waals surface area contributed by atoms with Crippen molar-refractivity contribution in [1.29, 1.82) is 0 Å². The van der Waals surface area contributed by atoms with Crippen LogP contribution in [0.4, 0.5) is 10.5 Å². The number of benzene rings is 4. The molecule has 0 fully saturated rings. The van der Waals surface area contributed by atoms with Crippen LogP contribution in [0.5, 0.6) is 0 Å². The van der Waals surface area contributed by atoms with Crippen LogP contribution in [-0.2, 0) is 11.3 Å². The van der Waals surface area contributed by atoms with Gasteiger partial charge < -0.3 is 4.74 Å². The Morgan fingerprint density at radius 2 is 1.09 bits per heavy atom. The summed E-state index contributed by atoms with van der Waals surface area (Å²) in [4.78, 5) is 24.9. The summed E-state index contributed by atoms with van der Waals surface area (Å²) in [6.07, 6.45) is 0. The van der Waals surface area contributed by atoms with Gasteiger partial charge in [-0.1, -0.05) is 66.7 Å². The van der Waals surface area contributed by atoms with Gasteiger partial charge in [0.1, 0.15) is 22.5 Å². The summed E-state index contributed by atoms with van der Waals surface area (Å²) >= 11 is 0. The van der Waals surface area contributed by atoms with Crippen molar-refractivity contribution in [1.82, 2.24) is 0 Å². The number of rotatable bonds is 7. The number of ether oxygens (including phenoxy) is 1. The second-order valence-electron chi connectivity index (χ2n) is 7.12. The number of para-hydroxylation sites is 1. The molecule has 0 atom stereocenters. The van der Waals surface area contributed by atoms with Crippen molar-refractivity contribution in [3.63, 3.8) is 0 Å². The molecule has 0 heterocycles. The zero-order chi connectivity index (χ0) is 22.4. The second kappa shape index (κ2) is 9.54. The summed E-state index contributed by atoms with van der Waals surface area (Å²) in [7, 11) is -2.85. The van der Waals surface area contributed by atoms with Crippen LogP contribution < -0.4 is 15.9 Å². The Labute approximate surface area is 186 Å². The van der Waals surface area contributed by atoms with Gasteiger partial charge in [0.15, 0.2) is 0 Å². The molecule has 0 aliphatic carbocycles. The van der Waals surface area contributed by atoms with Gasteiger partial charge in [0.2, 0.25) is 7.26 Å². The van der Waals surface area contributed by atoms with E-state index in [0.717, 1.165) is 15.9 Å². The molecule has 0 spiro atoms. The van der Waals surface area contributed by atoms with Gasteiger partial charge in [0, 0.05) is 6.07 Å². The fourth-order valence-corrected chi connectivity index (χ4v) is 7.41. The highest BCUT2D eigenvalue weighted by molar-refractivity contribution is 8.07. The lowest BCUT2D eigenvalue weighted by molar-refractivity contribution is -0.385. The molecule has 0 unspecified atom stereocenters. The Morgan fingerprint density at radius 3 is 1.53 bits per heavy atom. The fraction of sp³-hybridized carbons (Fsp3) is 0.0385. The molecule has 0 bridgehead atoms. The highest BCUT2D eigenvalue weighted by Gasteiger charge is 2.55. The quantitative estimate of drug-likeness (QED) is 0.223. The molecule has 0 amide bonds. The standard InChI is InChI=1S/C26H21NO4P/c28-26(31-20-21-12-10-11-19-25(21)27(29)30)32(22-13-4-1-5-14-22,23-15-6-2-7-16-23)24-17-8-3-9-18-24/h1-19H,20H2/q+1. The van der Waals surface area contributed by atoms with Gasteiger partial charge in [-0.3, -0.25) is 10.1 Å². The van der Waals surface area contributed by atoms with E-state index in [9.17, 15) is 14.9 Å². The maximum atomic E-state index is 14.0. The number of nitrogens with zero attached hydrogens (tertiary/aromatic N) is 1. The molecule has 0 N–H and O–H groups in total. The normalized spacial score (nSPS) is 11.0. The predicted octanol–water partition coefficient (Wildman–Crippen LogP) is 5.23. The Morgan fingerprint density at radius 1 is 0.688 bits per heavy atom. The molecule has 0 saturated heterocycles. The lowest BCUT2D eigenvalue weighted by atomic mass is 10.2. The Bertz CT molecular complexity index is 1120. The molecule has 0 aliphatic rings. The van der Waals surface area contributed by atoms with Gasteiger partial charge in [-0.2, -0.15) is 0 Å². The predicted molar refractivity (Wildman–Crippen MR) is 128 cm³/mol. The molecule has 4 aromatic rings. The van der Waals surface area contributed by atoms with E-state index in [1.807, 2.05) is 91.0 Å². The maximum Gasteiger partial charge on any atom is 0.467 e. The summed E-state index contributed by atoms with van der Waals surface area (Å²) in [5, 5.41) is 14.0. The van der Waals surface area contributed by atoms with Crippen LogP contribution >= 0.6 is 7.26 Å². The average molecular weight is 442 g/mol. The van der Waals surface area contributed by atoms with Crippen LogP contribution in [0.2, 0.25) is 0 Å². The van der Waals surface area contributed by atoms with Crippen LogP contribution in [-0.4, -0.2) is 10.6 Å². The van der Waals surface area contributed by atoms with Crippen molar-refractivity contribution in [2.45, 2.75) is 6.61 Å². The SMILES string of the molecule is O=C(OCc1ccccc1[N+](=O)[O-])[P+](c1ccccc1)(c1ccccc1)c1ccccc1. The van der Waals surface area contributed by atoms with Crippen LogP contribution in [0.3, 0.4) is 0 Å². The number of nitro benzene ring substituents is 1. The first-order valence-corrected chi connectivity index (χ1v) is 11.9. The second-order valence-corrected chi connectivity index (χ2v) is 10.4. The third kappa shape index (κ3) is 4.03. The number of hydrogen-bond donors (Lipinski definition) is 0. The summed E-state index contributed by atoms with van der Waals surface area (Å²) in [5.41, 5.74) is -0.0965. The lowest BCUT2D eigenvalue weighted by Gasteiger charge is -2.24. The summed E-state index contributed by atoms with van der Waals surface area (Å²) < 4.78 is 5.85. The highest BCUT2D eigenvalue weighted by atomic mass is 31.2. The molecule has 158 valence electrons. The molecule has 6 heteroatoms. The summed E-state index contributed by atoms with van der Waals surface area (Å²) in [6.45, 7) is -0.176. The molecule has 5 nitrogen and oxygen atoms in total. The number of carbonyl (C=O) groups is 1. The van der Waals surface area contributed by atoms with Gasteiger partial charge in [0.05, 0.1) is 10.5 Å². The zero-order valence-corrected chi connectivity index (χ0v) is 18.1. The zero-order valence-electron chi connectivity index (χ0n) is 17.2. The molecule has 0 aliphatic heterocycles. The molecule has 0 aromatic heterocycles. The smallest absolute Gasteiger partial charge is 0.430 e. The van der Waals surface area contributed by atoms with Crippen molar-refractivity contribution >= 4 is 34.6 Å². The van der Waals surface area contributed by atoms with Crippen LogP contribution in [0, 0.1) is 10.1 Å². The minimum atomic E-state index is -2.85.